The molecule has 2 aliphatic rings. The van der Waals surface area contributed by atoms with E-state index in [1.165, 1.54) is 0 Å². The minimum atomic E-state index is 0.0758. The van der Waals surface area contributed by atoms with Crippen molar-refractivity contribution in [2.45, 2.75) is 44.7 Å². The van der Waals surface area contributed by atoms with E-state index in [0.717, 1.165) is 58.4 Å². The van der Waals surface area contributed by atoms with E-state index in [1.54, 1.807) is 7.11 Å². The number of aryl methyl sites for hydroxylation is 1. The molecule has 1 aromatic rings. The third kappa shape index (κ3) is 5.82. The Labute approximate surface area is 168 Å². The SMILES string of the molecule is COCCNC(=O)C1CCCN(C2CCN(C(=O)CCn3cccc3)CC2)C1. The minimum absolute atomic E-state index is 0.0758. The van der Waals surface area contributed by atoms with E-state index in [2.05, 4.69) is 14.8 Å². The van der Waals surface area contributed by atoms with Gasteiger partial charge in [0.05, 0.1) is 12.5 Å². The molecule has 7 heteroatoms. The van der Waals surface area contributed by atoms with Crippen LogP contribution in [0.5, 0.6) is 0 Å². The van der Waals surface area contributed by atoms with Crippen LogP contribution >= 0.6 is 0 Å². The smallest absolute Gasteiger partial charge is 0.224 e. The summed E-state index contributed by atoms with van der Waals surface area (Å²) >= 11 is 0. The highest BCUT2D eigenvalue weighted by Gasteiger charge is 2.32. The number of methoxy groups -OCH3 is 1. The summed E-state index contributed by atoms with van der Waals surface area (Å²) in [6.45, 7) is 5.44. The average molecular weight is 391 g/mol. The maximum atomic E-state index is 12.5. The molecule has 0 saturated carbocycles. The molecule has 0 aromatic carbocycles. The lowest BCUT2D eigenvalue weighted by molar-refractivity contribution is -0.133. The highest BCUT2D eigenvalue weighted by Crippen LogP contribution is 2.24. The lowest BCUT2D eigenvalue weighted by Gasteiger charge is -2.42. The maximum absolute atomic E-state index is 12.5. The summed E-state index contributed by atoms with van der Waals surface area (Å²) in [5, 5.41) is 2.98. The monoisotopic (exact) mass is 390 g/mol. The van der Waals surface area contributed by atoms with Gasteiger partial charge in [-0.2, -0.15) is 0 Å². The number of carbonyl (C=O) groups is 2. The predicted octanol–water partition coefficient (Wildman–Crippen LogP) is 1.34. The highest BCUT2D eigenvalue weighted by atomic mass is 16.5. The van der Waals surface area contributed by atoms with Crippen LogP contribution in [-0.2, 0) is 20.9 Å². The maximum Gasteiger partial charge on any atom is 0.224 e. The van der Waals surface area contributed by atoms with Crippen molar-refractivity contribution in [1.29, 1.82) is 0 Å². The Morgan fingerprint density at radius 2 is 1.86 bits per heavy atom. The van der Waals surface area contributed by atoms with Gasteiger partial charge >= 0.3 is 0 Å². The molecule has 1 atom stereocenters. The van der Waals surface area contributed by atoms with Crippen molar-refractivity contribution in [2.75, 3.05) is 46.4 Å². The van der Waals surface area contributed by atoms with Crippen molar-refractivity contribution < 1.29 is 14.3 Å². The molecule has 156 valence electrons. The van der Waals surface area contributed by atoms with Gasteiger partial charge < -0.3 is 19.5 Å². The molecule has 2 aliphatic heterocycles. The minimum Gasteiger partial charge on any atom is -0.383 e. The van der Waals surface area contributed by atoms with E-state index in [0.29, 0.717) is 25.6 Å². The second-order valence-electron chi connectivity index (χ2n) is 7.90. The van der Waals surface area contributed by atoms with Crippen molar-refractivity contribution in [2.24, 2.45) is 5.92 Å². The van der Waals surface area contributed by atoms with Crippen molar-refractivity contribution in [3.05, 3.63) is 24.5 Å². The van der Waals surface area contributed by atoms with Crippen LogP contribution in [0.25, 0.3) is 0 Å². The van der Waals surface area contributed by atoms with Gasteiger partial charge in [-0.3, -0.25) is 14.5 Å². The molecule has 1 aromatic heterocycles. The largest absolute Gasteiger partial charge is 0.383 e. The quantitative estimate of drug-likeness (QED) is 0.681. The molecule has 0 spiro atoms. The third-order valence-corrected chi connectivity index (χ3v) is 6.01. The Kier molecular flexibility index (Phi) is 7.91. The summed E-state index contributed by atoms with van der Waals surface area (Å²) < 4.78 is 7.06. The normalized spacial score (nSPS) is 21.6. The molecule has 3 rings (SSSR count). The van der Waals surface area contributed by atoms with Crippen molar-refractivity contribution in [3.63, 3.8) is 0 Å². The van der Waals surface area contributed by atoms with Crippen LogP contribution < -0.4 is 5.32 Å². The molecule has 1 N–H and O–H groups in total. The number of amides is 2. The Hall–Kier alpha value is -1.86. The number of hydrogen-bond donors (Lipinski definition) is 1. The van der Waals surface area contributed by atoms with Crippen LogP contribution in [-0.4, -0.2) is 78.7 Å². The number of aromatic nitrogens is 1. The second-order valence-corrected chi connectivity index (χ2v) is 7.90. The van der Waals surface area contributed by atoms with Gasteiger partial charge in [-0.25, -0.2) is 0 Å². The number of nitrogens with one attached hydrogen (secondary N) is 1. The Bertz CT molecular complexity index is 611. The van der Waals surface area contributed by atoms with E-state index in [1.807, 2.05) is 29.4 Å². The molecule has 0 radical (unpaired) electrons. The van der Waals surface area contributed by atoms with Gasteiger partial charge in [-0.05, 0) is 44.4 Å². The highest BCUT2D eigenvalue weighted by molar-refractivity contribution is 5.79. The number of ether oxygens (including phenoxy) is 1. The van der Waals surface area contributed by atoms with Gasteiger partial charge in [0.2, 0.25) is 11.8 Å². The number of nitrogens with zero attached hydrogens (tertiary/aromatic N) is 3. The Morgan fingerprint density at radius 1 is 1.11 bits per heavy atom. The zero-order chi connectivity index (χ0) is 19.8. The fraction of sp³-hybridized carbons (Fsp3) is 0.714. The summed E-state index contributed by atoms with van der Waals surface area (Å²) in [7, 11) is 1.64. The van der Waals surface area contributed by atoms with Crippen molar-refractivity contribution >= 4 is 11.8 Å². The predicted molar refractivity (Wildman–Crippen MR) is 108 cm³/mol. The first-order valence-corrected chi connectivity index (χ1v) is 10.6. The second kappa shape index (κ2) is 10.6. The molecule has 2 amide bonds. The fourth-order valence-electron chi connectivity index (χ4n) is 4.36. The number of hydrogen-bond acceptors (Lipinski definition) is 4. The lowest BCUT2D eigenvalue weighted by Crippen LogP contribution is -2.51. The van der Waals surface area contributed by atoms with E-state index in [-0.39, 0.29) is 17.7 Å². The molecule has 2 saturated heterocycles. The molecular formula is C21H34N4O3. The van der Waals surface area contributed by atoms with Gasteiger partial charge in [0, 0.05) is 64.7 Å². The molecular weight excluding hydrogens is 356 g/mol. The zero-order valence-corrected chi connectivity index (χ0v) is 17.0. The standard InChI is InChI=1S/C21H34N4O3/c1-28-16-9-22-21(27)18-5-4-12-25(17-18)19-6-14-24(15-7-19)20(26)8-13-23-10-2-3-11-23/h2-3,10-11,18-19H,4-9,12-17H2,1H3,(H,22,27). The average Bonchev–Trinajstić information content (AvgIpc) is 3.26. The first-order valence-electron chi connectivity index (χ1n) is 10.6. The van der Waals surface area contributed by atoms with E-state index < -0.39 is 0 Å². The van der Waals surface area contributed by atoms with E-state index >= 15 is 0 Å². The van der Waals surface area contributed by atoms with Crippen molar-refractivity contribution in [1.82, 2.24) is 19.7 Å². The number of rotatable bonds is 8. The molecule has 3 heterocycles. The summed E-state index contributed by atoms with van der Waals surface area (Å²) in [5.41, 5.74) is 0. The lowest BCUT2D eigenvalue weighted by atomic mass is 9.93. The summed E-state index contributed by atoms with van der Waals surface area (Å²) in [6.07, 6.45) is 8.60. The number of carbonyl (C=O) groups excluding carboxylic acids is 2. The molecule has 0 bridgehead atoms. The molecule has 0 aliphatic carbocycles. The Morgan fingerprint density at radius 3 is 2.57 bits per heavy atom. The van der Waals surface area contributed by atoms with Crippen LogP contribution in [0.3, 0.4) is 0 Å². The van der Waals surface area contributed by atoms with Gasteiger partial charge in [0.15, 0.2) is 0 Å². The molecule has 1 unspecified atom stereocenters. The molecule has 2 fully saturated rings. The van der Waals surface area contributed by atoms with Crippen LogP contribution in [0.1, 0.15) is 32.1 Å². The van der Waals surface area contributed by atoms with Gasteiger partial charge in [-0.1, -0.05) is 0 Å². The third-order valence-electron chi connectivity index (χ3n) is 6.01. The number of likely N-dealkylation sites (tertiary alicyclic amines) is 2. The van der Waals surface area contributed by atoms with Gasteiger partial charge in [0.1, 0.15) is 0 Å². The van der Waals surface area contributed by atoms with Crippen LogP contribution in [0, 0.1) is 5.92 Å². The zero-order valence-electron chi connectivity index (χ0n) is 17.0. The first-order chi connectivity index (χ1) is 13.7. The van der Waals surface area contributed by atoms with Crippen LogP contribution in [0.4, 0.5) is 0 Å². The summed E-state index contributed by atoms with van der Waals surface area (Å²) in [4.78, 5) is 29.3. The summed E-state index contributed by atoms with van der Waals surface area (Å²) in [5.74, 6) is 0.479. The van der Waals surface area contributed by atoms with E-state index in [4.69, 9.17) is 4.74 Å². The topological polar surface area (TPSA) is 66.8 Å². The van der Waals surface area contributed by atoms with E-state index in [9.17, 15) is 9.59 Å². The summed E-state index contributed by atoms with van der Waals surface area (Å²) in [6, 6.07) is 4.46. The number of piperidine rings is 2. The van der Waals surface area contributed by atoms with Crippen LogP contribution in [0.2, 0.25) is 0 Å². The molecule has 7 nitrogen and oxygen atoms in total. The van der Waals surface area contributed by atoms with Crippen LogP contribution in [0.15, 0.2) is 24.5 Å². The Balaban J connectivity index is 1.40. The van der Waals surface area contributed by atoms with Gasteiger partial charge in [0.25, 0.3) is 0 Å². The fourth-order valence-corrected chi connectivity index (χ4v) is 4.36. The van der Waals surface area contributed by atoms with Crippen molar-refractivity contribution in [3.8, 4) is 0 Å². The first kappa shape index (κ1) is 20.9. The molecule has 28 heavy (non-hydrogen) atoms. The van der Waals surface area contributed by atoms with Gasteiger partial charge in [-0.15, -0.1) is 0 Å².